The maximum Gasteiger partial charge on any atom is 0.0431 e. The van der Waals surface area contributed by atoms with Crippen molar-refractivity contribution in [2.45, 2.75) is 31.8 Å². The Bertz CT molecular complexity index is 399. The van der Waals surface area contributed by atoms with Crippen LogP contribution in [0.2, 0.25) is 5.02 Å². The Hall–Kier alpha value is -0.610. The SMILES string of the molecule is NC1CC(CCCO)CN(Cc2cccc(Cl)c2)C1. The van der Waals surface area contributed by atoms with Crippen LogP contribution >= 0.6 is 11.6 Å². The van der Waals surface area contributed by atoms with Gasteiger partial charge in [-0.2, -0.15) is 0 Å². The molecule has 1 fully saturated rings. The maximum atomic E-state index is 8.93. The van der Waals surface area contributed by atoms with E-state index in [1.165, 1.54) is 5.56 Å². The van der Waals surface area contributed by atoms with Crippen LogP contribution in [0.1, 0.15) is 24.8 Å². The molecule has 2 rings (SSSR count). The van der Waals surface area contributed by atoms with E-state index in [-0.39, 0.29) is 12.6 Å². The molecule has 2 unspecified atom stereocenters. The van der Waals surface area contributed by atoms with Crippen molar-refractivity contribution in [2.24, 2.45) is 11.7 Å². The predicted octanol–water partition coefficient (Wildman–Crippen LogP) is 2.26. The average Bonchev–Trinajstić information content (AvgIpc) is 2.35. The van der Waals surface area contributed by atoms with E-state index in [1.807, 2.05) is 18.2 Å². The monoisotopic (exact) mass is 282 g/mol. The summed E-state index contributed by atoms with van der Waals surface area (Å²) in [6.45, 7) is 3.20. The van der Waals surface area contributed by atoms with Gasteiger partial charge in [0.2, 0.25) is 0 Å². The number of aliphatic hydroxyl groups excluding tert-OH is 1. The fraction of sp³-hybridized carbons (Fsp3) is 0.600. The topological polar surface area (TPSA) is 49.5 Å². The van der Waals surface area contributed by atoms with Crippen LogP contribution in [0.3, 0.4) is 0 Å². The third kappa shape index (κ3) is 4.77. The Morgan fingerprint density at radius 2 is 2.21 bits per heavy atom. The molecule has 0 amide bonds. The molecule has 0 radical (unpaired) electrons. The van der Waals surface area contributed by atoms with Gasteiger partial charge in [-0.15, -0.1) is 0 Å². The Kier molecular flexibility index (Phi) is 5.64. The number of benzene rings is 1. The molecule has 1 saturated heterocycles. The Labute approximate surface area is 120 Å². The molecule has 1 aromatic rings. The number of likely N-dealkylation sites (tertiary alicyclic amines) is 1. The molecule has 19 heavy (non-hydrogen) atoms. The van der Waals surface area contributed by atoms with Crippen molar-refractivity contribution in [3.8, 4) is 0 Å². The van der Waals surface area contributed by atoms with Crippen LogP contribution in [-0.2, 0) is 6.54 Å². The minimum atomic E-state index is 0.247. The van der Waals surface area contributed by atoms with Crippen LogP contribution in [0, 0.1) is 5.92 Å². The highest BCUT2D eigenvalue weighted by Crippen LogP contribution is 2.22. The molecule has 3 nitrogen and oxygen atoms in total. The molecule has 4 heteroatoms. The highest BCUT2D eigenvalue weighted by molar-refractivity contribution is 6.30. The van der Waals surface area contributed by atoms with Crippen LogP contribution in [-0.4, -0.2) is 35.7 Å². The van der Waals surface area contributed by atoms with Crippen LogP contribution in [0.15, 0.2) is 24.3 Å². The van der Waals surface area contributed by atoms with Gasteiger partial charge in [0.25, 0.3) is 0 Å². The van der Waals surface area contributed by atoms with Crippen molar-refractivity contribution in [1.82, 2.24) is 4.90 Å². The average molecular weight is 283 g/mol. The third-order valence-corrected chi connectivity index (χ3v) is 3.95. The zero-order valence-corrected chi connectivity index (χ0v) is 12.0. The highest BCUT2D eigenvalue weighted by Gasteiger charge is 2.24. The van der Waals surface area contributed by atoms with Crippen molar-refractivity contribution in [2.75, 3.05) is 19.7 Å². The zero-order valence-electron chi connectivity index (χ0n) is 11.3. The second-order valence-electron chi connectivity index (χ2n) is 5.55. The molecule has 0 saturated carbocycles. The molecule has 3 N–H and O–H groups in total. The number of rotatable bonds is 5. The first-order valence-electron chi connectivity index (χ1n) is 7.00. The number of hydrogen-bond donors (Lipinski definition) is 2. The Morgan fingerprint density at radius 3 is 2.95 bits per heavy atom. The third-order valence-electron chi connectivity index (χ3n) is 3.71. The van der Waals surface area contributed by atoms with Crippen molar-refractivity contribution in [3.05, 3.63) is 34.9 Å². The van der Waals surface area contributed by atoms with E-state index >= 15 is 0 Å². The number of halogens is 1. The number of nitrogens with two attached hydrogens (primary N) is 1. The van der Waals surface area contributed by atoms with E-state index in [0.717, 1.165) is 43.9 Å². The Balaban J connectivity index is 1.92. The predicted molar refractivity (Wildman–Crippen MR) is 79.1 cm³/mol. The standard InChI is InChI=1S/C15H23ClN2O/c16-14-5-1-3-12(7-14)9-18-10-13(4-2-6-19)8-15(17)11-18/h1,3,5,7,13,15,19H,2,4,6,8-11,17H2. The molecule has 0 aliphatic carbocycles. The summed E-state index contributed by atoms with van der Waals surface area (Å²) in [4.78, 5) is 2.40. The van der Waals surface area contributed by atoms with Gasteiger partial charge in [-0.3, -0.25) is 4.90 Å². The molecule has 1 aliphatic rings. The maximum absolute atomic E-state index is 8.93. The summed E-state index contributed by atoms with van der Waals surface area (Å²) in [7, 11) is 0. The molecule has 1 aromatic carbocycles. The minimum Gasteiger partial charge on any atom is -0.396 e. The van der Waals surface area contributed by atoms with Gasteiger partial charge < -0.3 is 10.8 Å². The van der Waals surface area contributed by atoms with Gasteiger partial charge in [0, 0.05) is 37.3 Å². The van der Waals surface area contributed by atoms with Gasteiger partial charge in [0.1, 0.15) is 0 Å². The van der Waals surface area contributed by atoms with Gasteiger partial charge in [0.15, 0.2) is 0 Å². The second-order valence-corrected chi connectivity index (χ2v) is 5.99. The summed E-state index contributed by atoms with van der Waals surface area (Å²) in [6, 6.07) is 8.26. The fourth-order valence-corrected chi connectivity index (χ4v) is 3.17. The zero-order chi connectivity index (χ0) is 13.7. The lowest BCUT2D eigenvalue weighted by molar-refractivity contribution is 0.137. The second kappa shape index (κ2) is 7.25. The largest absolute Gasteiger partial charge is 0.396 e. The van der Waals surface area contributed by atoms with Crippen LogP contribution in [0.5, 0.6) is 0 Å². The van der Waals surface area contributed by atoms with Crippen LogP contribution < -0.4 is 5.73 Å². The lowest BCUT2D eigenvalue weighted by Gasteiger charge is -2.36. The molecule has 1 heterocycles. The Morgan fingerprint density at radius 1 is 1.37 bits per heavy atom. The van der Waals surface area contributed by atoms with Gasteiger partial charge in [-0.25, -0.2) is 0 Å². The van der Waals surface area contributed by atoms with Crippen LogP contribution in [0.25, 0.3) is 0 Å². The van der Waals surface area contributed by atoms with E-state index in [2.05, 4.69) is 11.0 Å². The molecule has 0 spiro atoms. The lowest BCUT2D eigenvalue weighted by Crippen LogP contribution is -2.46. The first kappa shape index (κ1) is 14.8. The van der Waals surface area contributed by atoms with E-state index in [9.17, 15) is 0 Å². The smallest absolute Gasteiger partial charge is 0.0431 e. The van der Waals surface area contributed by atoms with E-state index in [1.54, 1.807) is 0 Å². The van der Waals surface area contributed by atoms with E-state index in [4.69, 9.17) is 22.4 Å². The first-order valence-corrected chi connectivity index (χ1v) is 7.38. The molecule has 1 aliphatic heterocycles. The molecule has 0 aromatic heterocycles. The normalized spacial score (nSPS) is 24.6. The number of nitrogens with zero attached hydrogens (tertiary/aromatic N) is 1. The van der Waals surface area contributed by atoms with Crippen molar-refractivity contribution in [3.63, 3.8) is 0 Å². The van der Waals surface area contributed by atoms with Gasteiger partial charge in [0.05, 0.1) is 0 Å². The van der Waals surface area contributed by atoms with Crippen molar-refractivity contribution < 1.29 is 5.11 Å². The number of hydrogen-bond acceptors (Lipinski definition) is 3. The summed E-state index contributed by atoms with van der Waals surface area (Å²) in [5.41, 5.74) is 7.38. The molecular weight excluding hydrogens is 260 g/mol. The summed E-state index contributed by atoms with van der Waals surface area (Å²) < 4.78 is 0. The molecular formula is C15H23ClN2O. The van der Waals surface area contributed by atoms with E-state index < -0.39 is 0 Å². The van der Waals surface area contributed by atoms with Crippen LogP contribution in [0.4, 0.5) is 0 Å². The molecule has 106 valence electrons. The number of piperidine rings is 1. The van der Waals surface area contributed by atoms with Gasteiger partial charge in [-0.1, -0.05) is 23.7 Å². The van der Waals surface area contributed by atoms with Crippen molar-refractivity contribution >= 4 is 11.6 Å². The van der Waals surface area contributed by atoms with E-state index in [0.29, 0.717) is 5.92 Å². The van der Waals surface area contributed by atoms with Crippen molar-refractivity contribution in [1.29, 1.82) is 0 Å². The highest BCUT2D eigenvalue weighted by atomic mass is 35.5. The first-order chi connectivity index (χ1) is 9.17. The summed E-state index contributed by atoms with van der Waals surface area (Å²) >= 11 is 6.02. The molecule has 2 atom stereocenters. The van der Waals surface area contributed by atoms with Gasteiger partial charge >= 0.3 is 0 Å². The number of aliphatic hydroxyl groups is 1. The molecule has 0 bridgehead atoms. The summed E-state index contributed by atoms with van der Waals surface area (Å²) in [6.07, 6.45) is 3.02. The van der Waals surface area contributed by atoms with Gasteiger partial charge in [-0.05, 0) is 42.9 Å². The quantitative estimate of drug-likeness (QED) is 0.871. The minimum absolute atomic E-state index is 0.247. The summed E-state index contributed by atoms with van der Waals surface area (Å²) in [5.74, 6) is 0.607. The lowest BCUT2D eigenvalue weighted by atomic mass is 9.90. The summed E-state index contributed by atoms with van der Waals surface area (Å²) in [5, 5.41) is 9.72. The fourth-order valence-electron chi connectivity index (χ4n) is 2.96.